The summed E-state index contributed by atoms with van der Waals surface area (Å²) in [6.07, 6.45) is 3.35. The molecule has 0 unspecified atom stereocenters. The average Bonchev–Trinajstić information content (AvgIpc) is 3.60. The zero-order valence-corrected chi connectivity index (χ0v) is 29.2. The van der Waals surface area contributed by atoms with Crippen LogP contribution in [0, 0.1) is 0 Å². The Bertz CT molecular complexity index is 1810. The van der Waals surface area contributed by atoms with Gasteiger partial charge in [0.05, 0.1) is 19.3 Å². The fourth-order valence-corrected chi connectivity index (χ4v) is 6.54. The van der Waals surface area contributed by atoms with Crippen LogP contribution >= 0.6 is 23.1 Å². The first-order chi connectivity index (χ1) is 24.0. The van der Waals surface area contributed by atoms with E-state index in [2.05, 4.69) is 27.6 Å². The lowest BCUT2D eigenvalue weighted by Gasteiger charge is -2.12. The van der Waals surface area contributed by atoms with Crippen LogP contribution in [0.25, 0.3) is 10.6 Å². The number of carbonyl (C=O) groups excluding carboxylic acids is 2. The number of anilines is 2. The zero-order valence-electron chi connectivity index (χ0n) is 27.6. The molecule has 0 saturated carbocycles. The van der Waals surface area contributed by atoms with Gasteiger partial charge in [0, 0.05) is 28.6 Å². The van der Waals surface area contributed by atoms with E-state index in [9.17, 15) is 9.59 Å². The van der Waals surface area contributed by atoms with E-state index < -0.39 is 5.97 Å². The number of nitrogens with zero attached hydrogens (tertiary/aromatic N) is 2. The first-order valence-corrected chi connectivity index (χ1v) is 17.9. The highest BCUT2D eigenvalue weighted by molar-refractivity contribution is 7.99. The number of ether oxygens (including phenoxy) is 4. The molecule has 49 heavy (non-hydrogen) atoms. The molecule has 1 heterocycles. The van der Waals surface area contributed by atoms with Crippen LogP contribution in [0.15, 0.2) is 102 Å². The van der Waals surface area contributed by atoms with Gasteiger partial charge in [-0.2, -0.15) is 0 Å². The molecule has 1 aromatic heterocycles. The maximum atomic E-state index is 12.0. The third-order valence-electron chi connectivity index (χ3n) is 7.24. The Morgan fingerprint density at radius 1 is 0.796 bits per heavy atom. The van der Waals surface area contributed by atoms with Gasteiger partial charge in [-0.15, -0.1) is 22.0 Å². The molecule has 254 valence electrons. The first kappa shape index (κ1) is 35.4. The van der Waals surface area contributed by atoms with Crippen molar-refractivity contribution >= 4 is 45.9 Å². The van der Waals surface area contributed by atoms with Crippen molar-refractivity contribution in [1.82, 2.24) is 10.2 Å². The number of carbonyl (C=O) groups is 2. The van der Waals surface area contributed by atoms with Crippen molar-refractivity contribution in [2.45, 2.75) is 50.7 Å². The zero-order chi connectivity index (χ0) is 34.3. The lowest BCUT2D eigenvalue weighted by Crippen LogP contribution is -2.03. The van der Waals surface area contributed by atoms with Crippen molar-refractivity contribution in [1.29, 1.82) is 0 Å². The molecule has 0 saturated heterocycles. The van der Waals surface area contributed by atoms with E-state index in [0.717, 1.165) is 52.3 Å². The Morgan fingerprint density at radius 2 is 1.55 bits per heavy atom. The summed E-state index contributed by atoms with van der Waals surface area (Å²) in [6.45, 7) is 2.91. The number of esters is 2. The second-order valence-corrected chi connectivity index (χ2v) is 13.1. The molecule has 5 aromatic rings. The number of hydrogen-bond acceptors (Lipinski definition) is 11. The Balaban J connectivity index is 1.24. The van der Waals surface area contributed by atoms with E-state index in [1.807, 2.05) is 73.7 Å². The summed E-state index contributed by atoms with van der Waals surface area (Å²) in [5, 5.41) is 13.6. The lowest BCUT2D eigenvalue weighted by atomic mass is 10.1. The summed E-state index contributed by atoms with van der Waals surface area (Å²) >= 11 is 3.22. The molecule has 0 amide bonds. The molecule has 11 heteroatoms. The van der Waals surface area contributed by atoms with Gasteiger partial charge in [-0.1, -0.05) is 66.3 Å². The van der Waals surface area contributed by atoms with Gasteiger partial charge in [-0.3, -0.25) is 4.79 Å². The minimum absolute atomic E-state index is 0.119. The predicted molar refractivity (Wildman–Crippen MR) is 194 cm³/mol. The number of methoxy groups -OCH3 is 1. The Morgan fingerprint density at radius 3 is 2.33 bits per heavy atom. The number of benzene rings is 4. The number of hydrogen-bond donors (Lipinski definition) is 1. The molecule has 0 fully saturated rings. The molecule has 1 N–H and O–H groups in total. The van der Waals surface area contributed by atoms with Gasteiger partial charge < -0.3 is 24.3 Å². The molecule has 9 nitrogen and oxygen atoms in total. The predicted octanol–water partition coefficient (Wildman–Crippen LogP) is 9.11. The molecule has 0 spiro atoms. The van der Waals surface area contributed by atoms with Crippen LogP contribution in [0.4, 0.5) is 10.8 Å². The van der Waals surface area contributed by atoms with Crippen LogP contribution in [0.5, 0.6) is 11.5 Å². The van der Waals surface area contributed by atoms with Crippen molar-refractivity contribution in [3.05, 3.63) is 114 Å². The van der Waals surface area contributed by atoms with Gasteiger partial charge in [-0.05, 0) is 79.1 Å². The van der Waals surface area contributed by atoms with Crippen LogP contribution < -0.4 is 14.8 Å². The van der Waals surface area contributed by atoms with Crippen molar-refractivity contribution in [2.75, 3.05) is 24.8 Å². The summed E-state index contributed by atoms with van der Waals surface area (Å²) in [5.74, 6) is 1.69. The summed E-state index contributed by atoms with van der Waals surface area (Å²) in [7, 11) is 1.36. The molecule has 0 aliphatic carbocycles. The van der Waals surface area contributed by atoms with Gasteiger partial charge in [0.2, 0.25) is 5.13 Å². The largest absolute Gasteiger partial charge is 0.489 e. The second kappa shape index (κ2) is 18.6. The quantitative estimate of drug-likeness (QED) is 0.0541. The first-order valence-electron chi connectivity index (χ1n) is 16.1. The van der Waals surface area contributed by atoms with Gasteiger partial charge >= 0.3 is 11.9 Å². The summed E-state index contributed by atoms with van der Waals surface area (Å²) in [6, 6.07) is 31.0. The minimum Gasteiger partial charge on any atom is -0.489 e. The van der Waals surface area contributed by atoms with Gasteiger partial charge in [0.1, 0.15) is 29.7 Å². The molecular formula is C38H39N3O6S2. The topological polar surface area (TPSA) is 109 Å². The van der Waals surface area contributed by atoms with Crippen LogP contribution in [0.3, 0.4) is 0 Å². The molecule has 5 rings (SSSR count). The van der Waals surface area contributed by atoms with Crippen LogP contribution in [0.2, 0.25) is 0 Å². The van der Waals surface area contributed by atoms with Crippen LogP contribution in [0.1, 0.15) is 54.1 Å². The smallest absolute Gasteiger partial charge is 0.337 e. The van der Waals surface area contributed by atoms with Crippen molar-refractivity contribution < 1.29 is 28.5 Å². The Kier molecular flexibility index (Phi) is 13.5. The minimum atomic E-state index is -0.397. The van der Waals surface area contributed by atoms with E-state index in [1.165, 1.54) is 18.4 Å². The highest BCUT2D eigenvalue weighted by Crippen LogP contribution is 2.35. The van der Waals surface area contributed by atoms with E-state index >= 15 is 0 Å². The second-order valence-electron chi connectivity index (χ2n) is 11.0. The maximum absolute atomic E-state index is 12.0. The Hall–Kier alpha value is -4.87. The number of aromatic nitrogens is 2. The maximum Gasteiger partial charge on any atom is 0.337 e. The lowest BCUT2D eigenvalue weighted by molar-refractivity contribution is -0.143. The highest BCUT2D eigenvalue weighted by Gasteiger charge is 2.13. The van der Waals surface area contributed by atoms with Crippen molar-refractivity contribution in [3.63, 3.8) is 0 Å². The molecule has 0 atom stereocenters. The fourth-order valence-electron chi connectivity index (χ4n) is 4.82. The molecular weight excluding hydrogens is 659 g/mol. The van der Waals surface area contributed by atoms with Gasteiger partial charge in [-0.25, -0.2) is 4.79 Å². The highest BCUT2D eigenvalue weighted by atomic mass is 32.2. The number of rotatable bonds is 18. The summed E-state index contributed by atoms with van der Waals surface area (Å²) in [4.78, 5) is 24.7. The number of nitrogens with one attached hydrogen (secondary N) is 1. The van der Waals surface area contributed by atoms with Crippen molar-refractivity contribution in [3.8, 4) is 22.1 Å². The average molecular weight is 698 g/mol. The number of thioether (sulfide) groups is 1. The van der Waals surface area contributed by atoms with Crippen LogP contribution in [-0.4, -0.2) is 41.6 Å². The standard InChI is InChI=1S/C38H39N3O6S2/c1-3-45-35(42)18-8-5-9-19-48-34-17-11-16-31(23-34)39-38-41-40-36(49-38)30-21-32(46-25-27-12-6-4-7-13-27)24-33(22-30)47-26-28-14-10-15-29(20-28)37(43)44-2/h4,6-7,10-17,20-24H,3,5,8-9,18-19,25-26H2,1-2H3,(H,39,41). The van der Waals surface area contributed by atoms with Gasteiger partial charge in [0.15, 0.2) is 0 Å². The van der Waals surface area contributed by atoms with Gasteiger partial charge in [0.25, 0.3) is 0 Å². The molecule has 0 aliphatic heterocycles. The molecule has 4 aromatic carbocycles. The third-order valence-corrected chi connectivity index (χ3v) is 9.21. The summed E-state index contributed by atoms with van der Waals surface area (Å²) < 4.78 is 22.2. The Labute approximate surface area is 295 Å². The number of unbranched alkanes of at least 4 members (excludes halogenated alkanes) is 2. The SMILES string of the molecule is CCOC(=O)CCCCCSc1cccc(Nc2nnc(-c3cc(OCc4ccccc4)cc(OCc4cccc(C(=O)OC)c4)c3)s2)c1. The van der Waals surface area contributed by atoms with Crippen LogP contribution in [-0.2, 0) is 27.5 Å². The van der Waals surface area contributed by atoms with Crippen molar-refractivity contribution in [2.24, 2.45) is 0 Å². The van der Waals surface area contributed by atoms with E-state index in [4.69, 9.17) is 18.9 Å². The van der Waals surface area contributed by atoms with E-state index in [1.54, 1.807) is 30.0 Å². The normalized spacial score (nSPS) is 10.7. The fraction of sp³-hybridized carbons (Fsp3) is 0.263. The monoisotopic (exact) mass is 697 g/mol. The van der Waals surface area contributed by atoms with E-state index in [-0.39, 0.29) is 12.6 Å². The molecule has 0 radical (unpaired) electrons. The third kappa shape index (κ3) is 11.4. The van der Waals surface area contributed by atoms with E-state index in [0.29, 0.717) is 46.8 Å². The summed E-state index contributed by atoms with van der Waals surface area (Å²) in [5.41, 5.74) is 4.07. The molecule has 0 aliphatic rings. The molecule has 0 bridgehead atoms.